The van der Waals surface area contributed by atoms with E-state index in [1.54, 1.807) is 0 Å². The van der Waals surface area contributed by atoms with E-state index in [0.29, 0.717) is 11.4 Å². The lowest BCUT2D eigenvalue weighted by atomic mass is 10.0. The molecule has 0 amide bonds. The van der Waals surface area contributed by atoms with Crippen LogP contribution in [0, 0.1) is 22.7 Å². The number of benzene rings is 2. The minimum atomic E-state index is 0.0567. The van der Waals surface area contributed by atoms with Crippen LogP contribution in [0.2, 0.25) is 0 Å². The first-order valence-electron chi connectivity index (χ1n) is 6.28. The van der Waals surface area contributed by atoms with E-state index in [2.05, 4.69) is 41.8 Å². The summed E-state index contributed by atoms with van der Waals surface area (Å²) in [5.41, 5.74) is 3.26. The second-order valence-corrected chi connectivity index (χ2v) is 6.68. The van der Waals surface area contributed by atoms with Gasteiger partial charge < -0.3 is 0 Å². The molecule has 6 heteroatoms. The van der Waals surface area contributed by atoms with Crippen molar-refractivity contribution >= 4 is 42.6 Å². The molecule has 1 aromatic heterocycles. The Kier molecular flexibility index (Phi) is 2.80. The quantitative estimate of drug-likeness (QED) is 0.425. The molecule has 1 aliphatic carbocycles. The summed E-state index contributed by atoms with van der Waals surface area (Å²) in [6.07, 6.45) is 0. The summed E-state index contributed by atoms with van der Waals surface area (Å²) in [6.45, 7) is 0. The Morgan fingerprint density at radius 3 is 1.64 bits per heavy atom. The Labute approximate surface area is 142 Å². The van der Waals surface area contributed by atoms with Crippen molar-refractivity contribution in [2.75, 3.05) is 0 Å². The van der Waals surface area contributed by atoms with Gasteiger partial charge in [-0.1, -0.05) is 31.9 Å². The number of halogens is 2. The molecule has 0 bridgehead atoms. The Bertz CT molecular complexity index is 993. The molecule has 4 nitrogen and oxygen atoms in total. The molecule has 0 aliphatic heterocycles. The van der Waals surface area contributed by atoms with Crippen LogP contribution >= 0.6 is 31.9 Å². The molecule has 0 atom stereocenters. The Hall–Kier alpha value is -2.28. The van der Waals surface area contributed by atoms with Gasteiger partial charge in [-0.05, 0) is 29.7 Å². The van der Waals surface area contributed by atoms with E-state index in [0.717, 1.165) is 30.8 Å². The summed E-state index contributed by atoms with van der Waals surface area (Å²) in [7, 11) is 0. The SMILES string of the molecule is N#Cc1nc2c(nc1C#N)-c1cc(Br)cc3cc(Br)cc-2c13. The minimum absolute atomic E-state index is 0.0567. The molecule has 0 unspecified atom stereocenters. The van der Waals surface area contributed by atoms with Gasteiger partial charge in [0, 0.05) is 25.5 Å². The smallest absolute Gasteiger partial charge is 0.177 e. The predicted molar refractivity (Wildman–Crippen MR) is 88.8 cm³/mol. The van der Waals surface area contributed by atoms with Gasteiger partial charge in [0.15, 0.2) is 11.4 Å². The van der Waals surface area contributed by atoms with Gasteiger partial charge in [-0.15, -0.1) is 0 Å². The minimum Gasteiger partial charge on any atom is -0.232 e. The zero-order valence-electron chi connectivity index (χ0n) is 10.9. The molecule has 1 aliphatic rings. The van der Waals surface area contributed by atoms with Crippen LogP contribution in [0.15, 0.2) is 33.2 Å². The van der Waals surface area contributed by atoms with E-state index in [1.165, 1.54) is 0 Å². The summed E-state index contributed by atoms with van der Waals surface area (Å²) >= 11 is 7.01. The predicted octanol–water partition coefficient (Wildman–Crippen LogP) is 4.55. The maximum absolute atomic E-state index is 9.17. The average Bonchev–Trinajstić information content (AvgIpc) is 2.79. The van der Waals surface area contributed by atoms with Crippen molar-refractivity contribution in [1.29, 1.82) is 10.5 Å². The van der Waals surface area contributed by atoms with Gasteiger partial charge in [-0.2, -0.15) is 10.5 Å². The van der Waals surface area contributed by atoms with Gasteiger partial charge >= 0.3 is 0 Å². The molecule has 0 saturated carbocycles. The van der Waals surface area contributed by atoms with Gasteiger partial charge in [-0.3, -0.25) is 0 Å². The molecule has 0 radical (unpaired) electrons. The summed E-state index contributed by atoms with van der Waals surface area (Å²) in [4.78, 5) is 8.74. The third kappa shape index (κ3) is 1.72. The number of fused-ring (bicyclic) bond motifs is 3. The molecule has 0 spiro atoms. The highest BCUT2D eigenvalue weighted by Crippen LogP contribution is 2.47. The fourth-order valence-electron chi connectivity index (χ4n) is 2.78. The van der Waals surface area contributed by atoms with Crippen LogP contribution < -0.4 is 0 Å². The number of nitrogens with zero attached hydrogens (tertiary/aromatic N) is 4. The van der Waals surface area contributed by atoms with Gasteiger partial charge in [0.2, 0.25) is 0 Å². The zero-order valence-corrected chi connectivity index (χ0v) is 14.0. The van der Waals surface area contributed by atoms with E-state index in [-0.39, 0.29) is 11.4 Å². The fraction of sp³-hybridized carbons (Fsp3) is 0. The number of hydrogen-bond donors (Lipinski definition) is 0. The van der Waals surface area contributed by atoms with Gasteiger partial charge in [0.05, 0.1) is 11.4 Å². The van der Waals surface area contributed by atoms with Crippen molar-refractivity contribution < 1.29 is 0 Å². The standard InChI is InChI=1S/C16H4Br2N4/c17-8-1-7-2-9(18)4-11-14(7)10(3-8)15-16(11)22-13(6-20)12(5-19)21-15/h1-4H. The first kappa shape index (κ1) is 13.4. The Balaban J connectivity index is 2.22. The third-order valence-corrected chi connectivity index (χ3v) is 4.51. The Morgan fingerprint density at radius 2 is 1.23 bits per heavy atom. The topological polar surface area (TPSA) is 73.4 Å². The zero-order chi connectivity index (χ0) is 15.4. The van der Waals surface area contributed by atoms with Gasteiger partial charge in [0.1, 0.15) is 12.1 Å². The molecule has 102 valence electrons. The monoisotopic (exact) mass is 410 g/mol. The van der Waals surface area contributed by atoms with Crippen molar-refractivity contribution in [3.63, 3.8) is 0 Å². The molecule has 4 rings (SSSR count). The van der Waals surface area contributed by atoms with Crippen LogP contribution in [0.3, 0.4) is 0 Å². The lowest BCUT2D eigenvalue weighted by molar-refractivity contribution is 1.15. The van der Waals surface area contributed by atoms with Crippen LogP contribution in [0.25, 0.3) is 33.3 Å². The molecule has 0 N–H and O–H groups in total. The summed E-state index contributed by atoms with van der Waals surface area (Å²) in [5, 5.41) is 20.4. The third-order valence-electron chi connectivity index (χ3n) is 3.60. The lowest BCUT2D eigenvalue weighted by Gasteiger charge is -2.03. The van der Waals surface area contributed by atoms with Crippen LogP contribution in [0.1, 0.15) is 11.4 Å². The van der Waals surface area contributed by atoms with Crippen molar-refractivity contribution in [2.45, 2.75) is 0 Å². The summed E-state index contributed by atoms with van der Waals surface area (Å²) < 4.78 is 1.85. The normalized spacial score (nSPS) is 11.1. The molecule has 2 aromatic carbocycles. The van der Waals surface area contributed by atoms with Crippen LogP contribution in [0.4, 0.5) is 0 Å². The van der Waals surface area contributed by atoms with Crippen LogP contribution in [0.5, 0.6) is 0 Å². The number of hydrogen-bond acceptors (Lipinski definition) is 4. The van der Waals surface area contributed by atoms with Crippen molar-refractivity contribution in [3.05, 3.63) is 44.6 Å². The van der Waals surface area contributed by atoms with E-state index < -0.39 is 0 Å². The van der Waals surface area contributed by atoms with E-state index >= 15 is 0 Å². The molecule has 0 fully saturated rings. The highest BCUT2D eigenvalue weighted by Gasteiger charge is 2.27. The second-order valence-electron chi connectivity index (χ2n) is 4.85. The lowest BCUT2D eigenvalue weighted by Crippen LogP contribution is -1.97. The number of rotatable bonds is 0. The summed E-state index contributed by atoms with van der Waals surface area (Å²) in [5.74, 6) is 0. The maximum atomic E-state index is 9.17. The molecular formula is C16H4Br2N4. The molecule has 3 aromatic rings. The second kappa shape index (κ2) is 4.61. The van der Waals surface area contributed by atoms with Crippen molar-refractivity contribution in [1.82, 2.24) is 9.97 Å². The van der Waals surface area contributed by atoms with Crippen LogP contribution in [-0.2, 0) is 0 Å². The summed E-state index contributed by atoms with van der Waals surface area (Å²) in [6, 6.07) is 11.9. The van der Waals surface area contributed by atoms with E-state index in [1.807, 2.05) is 36.4 Å². The largest absolute Gasteiger partial charge is 0.232 e. The van der Waals surface area contributed by atoms with Gasteiger partial charge in [-0.25, -0.2) is 9.97 Å². The fourth-order valence-corrected chi connectivity index (χ4v) is 3.73. The Morgan fingerprint density at radius 1 is 0.773 bits per heavy atom. The number of aromatic nitrogens is 2. The molecule has 1 heterocycles. The number of nitriles is 2. The van der Waals surface area contributed by atoms with E-state index in [9.17, 15) is 10.5 Å². The average molecular weight is 412 g/mol. The maximum Gasteiger partial charge on any atom is 0.177 e. The highest BCUT2D eigenvalue weighted by atomic mass is 79.9. The van der Waals surface area contributed by atoms with Crippen molar-refractivity contribution in [2.24, 2.45) is 0 Å². The highest BCUT2D eigenvalue weighted by molar-refractivity contribution is 9.10. The molecule has 22 heavy (non-hydrogen) atoms. The first-order valence-corrected chi connectivity index (χ1v) is 7.87. The first-order chi connectivity index (χ1) is 10.6. The van der Waals surface area contributed by atoms with Crippen LogP contribution in [-0.4, -0.2) is 9.97 Å². The van der Waals surface area contributed by atoms with Gasteiger partial charge in [0.25, 0.3) is 0 Å². The van der Waals surface area contributed by atoms with E-state index in [4.69, 9.17) is 0 Å². The van der Waals surface area contributed by atoms with Crippen molar-refractivity contribution in [3.8, 4) is 34.7 Å². The molecular weight excluding hydrogens is 408 g/mol. The molecule has 0 saturated heterocycles.